The van der Waals surface area contributed by atoms with Crippen LogP contribution in [0.15, 0.2) is 46.9 Å². The molecule has 1 aliphatic rings. The summed E-state index contributed by atoms with van der Waals surface area (Å²) in [7, 11) is 0. The third kappa shape index (κ3) is 3.91. The largest absolute Gasteiger partial charge is 0.316 e. The average molecular weight is 437 g/mol. The van der Waals surface area contributed by atoms with E-state index in [9.17, 15) is 14.9 Å². The fraction of sp³-hybridized carbons (Fsp3) is 0.273. The summed E-state index contributed by atoms with van der Waals surface area (Å²) in [6.07, 6.45) is 5.70. The average Bonchev–Trinajstić information content (AvgIpc) is 3.11. The first kappa shape index (κ1) is 20.4. The van der Waals surface area contributed by atoms with Crippen LogP contribution in [-0.2, 0) is 24.2 Å². The van der Waals surface area contributed by atoms with Gasteiger partial charge in [0.05, 0.1) is 22.2 Å². The van der Waals surface area contributed by atoms with E-state index in [1.54, 1.807) is 24.3 Å². The summed E-state index contributed by atoms with van der Waals surface area (Å²) >= 11 is 2.71. The molecule has 4 rings (SSSR count). The maximum Gasteiger partial charge on any atom is 0.262 e. The van der Waals surface area contributed by atoms with E-state index in [1.807, 2.05) is 6.07 Å². The van der Waals surface area contributed by atoms with Crippen molar-refractivity contribution in [1.29, 1.82) is 5.26 Å². The summed E-state index contributed by atoms with van der Waals surface area (Å²) in [6, 6.07) is 9.42. The minimum Gasteiger partial charge on any atom is -0.316 e. The third-order valence-electron chi connectivity index (χ3n) is 5.01. The Morgan fingerprint density at radius 3 is 2.97 bits per heavy atom. The second kappa shape index (κ2) is 8.86. The number of nitrogens with one attached hydrogen (secondary N) is 1. The summed E-state index contributed by atoms with van der Waals surface area (Å²) in [4.78, 5) is 31.2. The van der Waals surface area contributed by atoms with Crippen LogP contribution in [0.5, 0.6) is 0 Å². The van der Waals surface area contributed by atoms with Gasteiger partial charge in [0.25, 0.3) is 5.56 Å². The van der Waals surface area contributed by atoms with Crippen molar-refractivity contribution in [3.63, 3.8) is 0 Å². The molecule has 1 amide bonds. The third-order valence-corrected chi connectivity index (χ3v) is 7.19. The number of thioether (sulfide) groups is 1. The zero-order valence-electron chi connectivity index (χ0n) is 16.3. The Bertz CT molecular complexity index is 1240. The van der Waals surface area contributed by atoms with Gasteiger partial charge in [0.2, 0.25) is 5.91 Å². The number of carbonyl (C=O) groups excluding carboxylic acids is 1. The van der Waals surface area contributed by atoms with E-state index >= 15 is 0 Å². The lowest BCUT2D eigenvalue weighted by atomic mass is 9.96. The minimum atomic E-state index is -0.220. The molecule has 0 atom stereocenters. The minimum absolute atomic E-state index is 0.0926. The molecular weight excluding hydrogens is 416 g/mol. The van der Waals surface area contributed by atoms with E-state index in [-0.39, 0.29) is 17.2 Å². The first-order valence-corrected chi connectivity index (χ1v) is 11.5. The molecule has 0 aliphatic heterocycles. The number of nitrogens with zero attached hydrogens (tertiary/aromatic N) is 3. The van der Waals surface area contributed by atoms with E-state index in [4.69, 9.17) is 0 Å². The molecule has 0 saturated heterocycles. The molecule has 1 aromatic carbocycles. The second-order valence-corrected chi connectivity index (χ2v) is 9.03. The van der Waals surface area contributed by atoms with Gasteiger partial charge in [0.15, 0.2) is 5.16 Å². The lowest BCUT2D eigenvalue weighted by molar-refractivity contribution is -0.113. The summed E-state index contributed by atoms with van der Waals surface area (Å²) < 4.78 is 1.53. The summed E-state index contributed by atoms with van der Waals surface area (Å²) in [5.74, 6) is -0.127. The van der Waals surface area contributed by atoms with Crippen LogP contribution in [0.2, 0.25) is 0 Å². The molecule has 6 nitrogen and oxygen atoms in total. The topological polar surface area (TPSA) is 87.8 Å². The fourth-order valence-electron chi connectivity index (χ4n) is 3.61. The Labute approximate surface area is 182 Å². The van der Waals surface area contributed by atoms with Crippen LogP contribution >= 0.6 is 23.1 Å². The van der Waals surface area contributed by atoms with Gasteiger partial charge in [-0.05, 0) is 43.4 Å². The molecule has 0 spiro atoms. The van der Waals surface area contributed by atoms with Crippen molar-refractivity contribution in [2.24, 2.45) is 0 Å². The molecule has 152 valence electrons. The van der Waals surface area contributed by atoms with Crippen LogP contribution < -0.4 is 10.9 Å². The van der Waals surface area contributed by atoms with E-state index in [1.165, 1.54) is 32.5 Å². The van der Waals surface area contributed by atoms with Gasteiger partial charge in [-0.2, -0.15) is 5.26 Å². The van der Waals surface area contributed by atoms with E-state index in [0.717, 1.165) is 31.2 Å². The molecule has 1 aliphatic carbocycles. The molecule has 0 saturated carbocycles. The molecule has 2 aromatic heterocycles. The second-order valence-electron chi connectivity index (χ2n) is 6.98. The predicted octanol–water partition coefficient (Wildman–Crippen LogP) is 4.13. The highest BCUT2D eigenvalue weighted by atomic mass is 32.2. The van der Waals surface area contributed by atoms with Gasteiger partial charge < -0.3 is 5.32 Å². The molecule has 0 radical (unpaired) electrons. The van der Waals surface area contributed by atoms with Crippen LogP contribution in [0.25, 0.3) is 10.9 Å². The lowest BCUT2D eigenvalue weighted by Crippen LogP contribution is -2.23. The van der Waals surface area contributed by atoms with Gasteiger partial charge in [-0.15, -0.1) is 17.9 Å². The number of thiophene rings is 1. The molecule has 1 N–H and O–H groups in total. The summed E-state index contributed by atoms with van der Waals surface area (Å²) in [5, 5.41) is 14.1. The highest BCUT2D eigenvalue weighted by molar-refractivity contribution is 7.99. The molecule has 30 heavy (non-hydrogen) atoms. The summed E-state index contributed by atoms with van der Waals surface area (Å²) in [6.45, 7) is 4.03. The molecule has 8 heteroatoms. The normalized spacial score (nSPS) is 12.9. The molecule has 2 heterocycles. The Hall–Kier alpha value is -2.89. The smallest absolute Gasteiger partial charge is 0.262 e. The Balaban J connectivity index is 1.55. The van der Waals surface area contributed by atoms with Crippen molar-refractivity contribution in [2.75, 3.05) is 11.1 Å². The predicted molar refractivity (Wildman–Crippen MR) is 121 cm³/mol. The number of nitriles is 1. The van der Waals surface area contributed by atoms with E-state index in [2.05, 4.69) is 22.9 Å². The molecule has 0 bridgehead atoms. The number of rotatable bonds is 6. The highest BCUT2D eigenvalue weighted by Gasteiger charge is 2.22. The maximum absolute atomic E-state index is 12.8. The molecule has 0 unspecified atom stereocenters. The van der Waals surface area contributed by atoms with Gasteiger partial charge in [0, 0.05) is 11.4 Å². The highest BCUT2D eigenvalue weighted by Crippen LogP contribution is 2.37. The van der Waals surface area contributed by atoms with Crippen molar-refractivity contribution in [3.05, 3.63) is 63.3 Å². The number of fused-ring (bicyclic) bond motifs is 2. The summed E-state index contributed by atoms with van der Waals surface area (Å²) in [5.41, 5.74) is 2.14. The zero-order valence-corrected chi connectivity index (χ0v) is 17.9. The fourth-order valence-corrected chi connectivity index (χ4v) is 5.68. The number of allylic oxidation sites excluding steroid dienone is 1. The number of amides is 1. The van der Waals surface area contributed by atoms with Crippen molar-refractivity contribution >= 4 is 44.9 Å². The first-order chi connectivity index (χ1) is 14.6. The van der Waals surface area contributed by atoms with Crippen LogP contribution in [0.3, 0.4) is 0 Å². The van der Waals surface area contributed by atoms with Crippen molar-refractivity contribution in [3.8, 4) is 6.07 Å². The number of hydrogen-bond donors (Lipinski definition) is 1. The van der Waals surface area contributed by atoms with Gasteiger partial charge in [-0.1, -0.05) is 30.0 Å². The Kier molecular flexibility index (Phi) is 6.02. The van der Waals surface area contributed by atoms with Crippen LogP contribution in [0.4, 0.5) is 5.00 Å². The zero-order chi connectivity index (χ0) is 21.1. The van der Waals surface area contributed by atoms with Crippen LogP contribution in [-0.4, -0.2) is 21.2 Å². The van der Waals surface area contributed by atoms with E-state index < -0.39 is 0 Å². The number of carbonyl (C=O) groups is 1. The molecular formula is C22H20N4O2S2. The number of hydrogen-bond acceptors (Lipinski definition) is 6. The SMILES string of the molecule is C=CCn1c(SCC(=O)Nc2sc3c(c2C#N)CCCC3)nc2ccccc2c1=O. The number of benzene rings is 1. The number of anilines is 1. The van der Waals surface area contributed by atoms with Gasteiger partial charge >= 0.3 is 0 Å². The lowest BCUT2D eigenvalue weighted by Gasteiger charge is -2.11. The van der Waals surface area contributed by atoms with Gasteiger partial charge in [-0.25, -0.2) is 4.98 Å². The number of aromatic nitrogens is 2. The first-order valence-electron chi connectivity index (χ1n) is 9.70. The van der Waals surface area contributed by atoms with Crippen LogP contribution in [0, 0.1) is 11.3 Å². The Morgan fingerprint density at radius 1 is 1.37 bits per heavy atom. The Morgan fingerprint density at radius 2 is 2.17 bits per heavy atom. The van der Waals surface area contributed by atoms with Crippen molar-refractivity contribution < 1.29 is 4.79 Å². The van der Waals surface area contributed by atoms with E-state index in [0.29, 0.717) is 33.2 Å². The number of aryl methyl sites for hydroxylation is 1. The number of para-hydroxylation sites is 1. The van der Waals surface area contributed by atoms with Crippen molar-refractivity contribution in [2.45, 2.75) is 37.4 Å². The molecule has 3 aromatic rings. The molecule has 0 fully saturated rings. The van der Waals surface area contributed by atoms with Gasteiger partial charge in [0.1, 0.15) is 11.1 Å². The van der Waals surface area contributed by atoms with Crippen LogP contribution in [0.1, 0.15) is 28.8 Å². The van der Waals surface area contributed by atoms with Gasteiger partial charge in [-0.3, -0.25) is 14.2 Å². The maximum atomic E-state index is 12.8. The van der Waals surface area contributed by atoms with Crippen molar-refractivity contribution in [1.82, 2.24) is 9.55 Å². The monoisotopic (exact) mass is 436 g/mol. The quantitative estimate of drug-likeness (QED) is 0.357. The standard InChI is InChI=1S/C22H20N4O2S2/c1-2-11-26-21(28)15-8-3-5-9-17(15)24-22(26)29-13-19(27)25-20-16(12-23)14-7-4-6-10-18(14)30-20/h2-3,5,8-9H,1,4,6-7,10-11,13H2,(H,25,27).